The van der Waals surface area contributed by atoms with Gasteiger partial charge in [-0.05, 0) is 85.4 Å². The lowest BCUT2D eigenvalue weighted by molar-refractivity contribution is -0.118. The lowest BCUT2D eigenvalue weighted by atomic mass is 9.89. The minimum atomic E-state index is -0.630. The van der Waals surface area contributed by atoms with Gasteiger partial charge in [-0.2, -0.15) is 0 Å². The van der Waals surface area contributed by atoms with Gasteiger partial charge in [0, 0.05) is 15.9 Å². The molecule has 0 aliphatic rings. The summed E-state index contributed by atoms with van der Waals surface area (Å²) in [5, 5.41) is 10.2. The quantitative estimate of drug-likeness (QED) is 0.536. The zero-order valence-corrected chi connectivity index (χ0v) is 19.5. The fraction of sp³-hybridized carbons (Fsp3) is 0.409. The third-order valence-electron chi connectivity index (χ3n) is 4.40. The molecular formula is C22H29BrN2O2S. The van der Waals surface area contributed by atoms with Gasteiger partial charge in [0.1, 0.15) is 0 Å². The molecule has 2 rings (SSSR count). The van der Waals surface area contributed by atoms with Crippen LogP contribution in [0.25, 0.3) is 0 Å². The minimum absolute atomic E-state index is 0.0755. The number of aliphatic hydroxyl groups is 1. The first-order chi connectivity index (χ1) is 13.2. The summed E-state index contributed by atoms with van der Waals surface area (Å²) in [5.74, 6) is 0.184. The van der Waals surface area contributed by atoms with Crippen molar-refractivity contribution in [2.45, 2.75) is 50.7 Å². The Bertz CT molecular complexity index is 776. The van der Waals surface area contributed by atoms with Crippen LogP contribution >= 0.6 is 27.9 Å². The van der Waals surface area contributed by atoms with Gasteiger partial charge in [-0.15, -0.1) is 0 Å². The first-order valence-electron chi connectivity index (χ1n) is 9.37. The zero-order valence-electron chi connectivity index (χ0n) is 17.1. The van der Waals surface area contributed by atoms with Crippen molar-refractivity contribution < 1.29 is 9.90 Å². The standard InChI is InChI=1S/C22H29BrN2O2S/c1-14(2)19-10-17(23)11-20(15(3)26)21(19)12-22(27)24-28-18-8-6-16(7-9-18)13-25(4)5/h6-11,14-15,26H,12-13H2,1-5H3,(H,24,27). The Morgan fingerprint density at radius 1 is 1.14 bits per heavy atom. The van der Waals surface area contributed by atoms with Gasteiger partial charge in [-0.1, -0.05) is 41.9 Å². The Kier molecular flexibility index (Phi) is 8.56. The van der Waals surface area contributed by atoms with Crippen molar-refractivity contribution in [1.82, 2.24) is 9.62 Å². The number of benzene rings is 2. The van der Waals surface area contributed by atoms with E-state index >= 15 is 0 Å². The van der Waals surface area contributed by atoms with Crippen LogP contribution in [0.3, 0.4) is 0 Å². The number of aliphatic hydroxyl groups excluding tert-OH is 1. The number of nitrogens with zero attached hydrogens (tertiary/aromatic N) is 1. The number of hydrogen-bond donors (Lipinski definition) is 2. The Balaban J connectivity index is 2.08. The van der Waals surface area contributed by atoms with Crippen molar-refractivity contribution in [3.8, 4) is 0 Å². The van der Waals surface area contributed by atoms with Crippen LogP contribution in [0.15, 0.2) is 45.8 Å². The Morgan fingerprint density at radius 2 is 1.75 bits per heavy atom. The van der Waals surface area contributed by atoms with E-state index in [4.69, 9.17) is 0 Å². The molecule has 1 amide bonds. The summed E-state index contributed by atoms with van der Waals surface area (Å²) >= 11 is 4.84. The highest BCUT2D eigenvalue weighted by Crippen LogP contribution is 2.31. The first kappa shape index (κ1) is 22.9. The monoisotopic (exact) mass is 464 g/mol. The topological polar surface area (TPSA) is 52.6 Å². The van der Waals surface area contributed by atoms with Crippen LogP contribution in [0.5, 0.6) is 0 Å². The molecule has 2 aromatic rings. The molecule has 0 heterocycles. The molecule has 28 heavy (non-hydrogen) atoms. The molecular weight excluding hydrogens is 436 g/mol. The molecule has 152 valence electrons. The number of hydrogen-bond acceptors (Lipinski definition) is 4. The van der Waals surface area contributed by atoms with Gasteiger partial charge in [0.15, 0.2) is 0 Å². The van der Waals surface area contributed by atoms with Gasteiger partial charge in [0.05, 0.1) is 12.5 Å². The second kappa shape index (κ2) is 10.4. The molecule has 2 N–H and O–H groups in total. The summed E-state index contributed by atoms with van der Waals surface area (Å²) < 4.78 is 3.85. The Hall–Kier alpha value is -1.34. The molecule has 0 saturated heterocycles. The van der Waals surface area contributed by atoms with Gasteiger partial charge in [0.25, 0.3) is 0 Å². The van der Waals surface area contributed by atoms with Crippen LogP contribution < -0.4 is 4.72 Å². The largest absolute Gasteiger partial charge is 0.389 e. The van der Waals surface area contributed by atoms with Crippen molar-refractivity contribution in [2.24, 2.45) is 0 Å². The molecule has 0 fully saturated rings. The van der Waals surface area contributed by atoms with Crippen LogP contribution in [0.4, 0.5) is 0 Å². The van der Waals surface area contributed by atoms with E-state index in [2.05, 4.69) is 51.5 Å². The van der Waals surface area contributed by atoms with Crippen molar-refractivity contribution in [3.63, 3.8) is 0 Å². The maximum absolute atomic E-state index is 12.6. The second-order valence-electron chi connectivity index (χ2n) is 7.58. The third kappa shape index (κ3) is 6.62. The first-order valence-corrected chi connectivity index (χ1v) is 11.0. The van der Waals surface area contributed by atoms with Crippen molar-refractivity contribution in [3.05, 3.63) is 63.1 Å². The summed E-state index contributed by atoms with van der Waals surface area (Å²) in [6.07, 6.45) is -0.387. The second-order valence-corrected chi connectivity index (χ2v) is 9.37. The summed E-state index contributed by atoms with van der Waals surface area (Å²) in [6, 6.07) is 12.1. The average Bonchev–Trinajstić information content (AvgIpc) is 2.61. The van der Waals surface area contributed by atoms with Crippen LogP contribution in [0, 0.1) is 0 Å². The highest BCUT2D eigenvalue weighted by atomic mass is 79.9. The van der Waals surface area contributed by atoms with Crippen LogP contribution in [0.2, 0.25) is 0 Å². The SMILES string of the molecule is CC(C)c1cc(Br)cc(C(C)O)c1CC(=O)NSc1ccc(CN(C)C)cc1. The van der Waals surface area contributed by atoms with Crippen molar-refractivity contribution in [2.75, 3.05) is 14.1 Å². The number of rotatable bonds is 8. The summed E-state index contributed by atoms with van der Waals surface area (Å²) in [5.41, 5.74) is 4.02. The Labute approximate surface area is 181 Å². The Morgan fingerprint density at radius 3 is 2.29 bits per heavy atom. The molecule has 0 bridgehead atoms. The minimum Gasteiger partial charge on any atom is -0.389 e. The lowest BCUT2D eigenvalue weighted by Crippen LogP contribution is -2.20. The predicted octanol–water partition coefficient (Wildman–Crippen LogP) is 5.05. The van der Waals surface area contributed by atoms with Crippen molar-refractivity contribution in [1.29, 1.82) is 0 Å². The van der Waals surface area contributed by atoms with E-state index in [1.807, 2.05) is 38.4 Å². The smallest absolute Gasteiger partial charge is 0.234 e. The molecule has 6 heteroatoms. The normalized spacial score (nSPS) is 12.5. The number of halogens is 1. The van der Waals surface area contributed by atoms with Crippen LogP contribution in [0.1, 0.15) is 55.0 Å². The predicted molar refractivity (Wildman–Crippen MR) is 120 cm³/mol. The third-order valence-corrected chi connectivity index (χ3v) is 5.69. The van der Waals surface area contributed by atoms with Crippen LogP contribution in [-0.4, -0.2) is 30.0 Å². The van der Waals surface area contributed by atoms with Gasteiger partial charge in [-0.25, -0.2) is 0 Å². The van der Waals surface area contributed by atoms with E-state index in [0.717, 1.165) is 32.6 Å². The molecule has 2 aromatic carbocycles. The summed E-state index contributed by atoms with van der Waals surface area (Å²) in [4.78, 5) is 15.7. The zero-order chi connectivity index (χ0) is 20.8. The number of amides is 1. The molecule has 0 aromatic heterocycles. The van der Waals surface area contributed by atoms with Crippen molar-refractivity contribution >= 4 is 33.8 Å². The molecule has 1 unspecified atom stereocenters. The van der Waals surface area contributed by atoms with E-state index in [1.165, 1.54) is 17.5 Å². The lowest BCUT2D eigenvalue weighted by Gasteiger charge is -2.19. The van der Waals surface area contributed by atoms with Gasteiger partial charge in [-0.3, -0.25) is 9.52 Å². The van der Waals surface area contributed by atoms with E-state index in [-0.39, 0.29) is 18.2 Å². The maximum Gasteiger partial charge on any atom is 0.234 e. The molecule has 0 aliphatic heterocycles. The number of carbonyl (C=O) groups excluding carboxylic acids is 1. The molecule has 0 radical (unpaired) electrons. The van der Waals surface area contributed by atoms with E-state index in [1.54, 1.807) is 6.92 Å². The van der Waals surface area contributed by atoms with Gasteiger partial charge < -0.3 is 10.0 Å². The molecule has 0 spiro atoms. The fourth-order valence-corrected chi connectivity index (χ4v) is 4.18. The molecule has 1 atom stereocenters. The number of carbonyl (C=O) groups is 1. The highest BCUT2D eigenvalue weighted by Gasteiger charge is 2.18. The average molecular weight is 465 g/mol. The highest BCUT2D eigenvalue weighted by molar-refractivity contribution is 9.10. The summed E-state index contributed by atoms with van der Waals surface area (Å²) in [7, 11) is 4.08. The molecule has 4 nitrogen and oxygen atoms in total. The van der Waals surface area contributed by atoms with Gasteiger partial charge in [0.2, 0.25) is 5.91 Å². The fourth-order valence-electron chi connectivity index (χ4n) is 3.11. The number of nitrogens with one attached hydrogen (secondary N) is 1. The molecule has 0 saturated carbocycles. The van der Waals surface area contributed by atoms with E-state index < -0.39 is 6.10 Å². The summed E-state index contributed by atoms with van der Waals surface area (Å²) in [6.45, 7) is 6.82. The maximum atomic E-state index is 12.6. The van der Waals surface area contributed by atoms with Crippen LogP contribution in [-0.2, 0) is 17.8 Å². The van der Waals surface area contributed by atoms with E-state index in [0.29, 0.717) is 0 Å². The molecule has 0 aliphatic carbocycles. The van der Waals surface area contributed by atoms with Gasteiger partial charge >= 0.3 is 0 Å². The van der Waals surface area contributed by atoms with E-state index in [9.17, 15) is 9.90 Å².